The lowest BCUT2D eigenvalue weighted by molar-refractivity contribution is -0.112. The Morgan fingerprint density at radius 3 is 2.61 bits per heavy atom. The van der Waals surface area contributed by atoms with E-state index in [1.165, 1.54) is 0 Å². The number of nitrogens with one attached hydrogen (secondary N) is 1. The van der Waals surface area contributed by atoms with Crippen LogP contribution in [0, 0.1) is 18.3 Å². The van der Waals surface area contributed by atoms with Crippen molar-refractivity contribution in [2.45, 2.75) is 20.3 Å². The van der Waals surface area contributed by atoms with Gasteiger partial charge in [0, 0.05) is 16.6 Å². The topological polar surface area (TPSA) is 62.1 Å². The molecule has 0 atom stereocenters. The van der Waals surface area contributed by atoms with Crippen LogP contribution in [0.15, 0.2) is 76.8 Å². The Morgan fingerprint density at radius 1 is 1.10 bits per heavy atom. The number of carbonyl (C=O) groups excluding carboxylic acids is 1. The molecule has 5 heteroatoms. The van der Waals surface area contributed by atoms with Gasteiger partial charge in [0.15, 0.2) is 0 Å². The minimum Gasteiger partial charge on any atom is -0.494 e. The largest absolute Gasteiger partial charge is 0.494 e. The summed E-state index contributed by atoms with van der Waals surface area (Å²) in [5.74, 6) is 0.298. The van der Waals surface area contributed by atoms with E-state index in [4.69, 9.17) is 4.74 Å². The summed E-state index contributed by atoms with van der Waals surface area (Å²) < 4.78 is 6.89. The fourth-order valence-corrected chi connectivity index (χ4v) is 3.61. The molecule has 0 saturated carbocycles. The number of benzene rings is 3. The van der Waals surface area contributed by atoms with Gasteiger partial charge in [0.25, 0.3) is 5.91 Å². The van der Waals surface area contributed by atoms with Crippen LogP contribution in [0.4, 0.5) is 5.69 Å². The summed E-state index contributed by atoms with van der Waals surface area (Å²) >= 11 is 3.59. The SMILES string of the molecule is CCOc1cc(/C=C(\C#N)C(=O)Nc2cccc(C)c2)ccc1Cc1ccccc1Br. The molecule has 3 aromatic rings. The lowest BCUT2D eigenvalue weighted by Crippen LogP contribution is -2.13. The number of nitriles is 1. The monoisotopic (exact) mass is 474 g/mol. The van der Waals surface area contributed by atoms with Crippen LogP contribution < -0.4 is 10.1 Å². The molecule has 0 aliphatic heterocycles. The molecule has 3 rings (SSSR count). The summed E-state index contributed by atoms with van der Waals surface area (Å²) in [5, 5.41) is 12.3. The van der Waals surface area contributed by atoms with Crippen molar-refractivity contribution >= 4 is 33.6 Å². The van der Waals surface area contributed by atoms with E-state index in [0.29, 0.717) is 18.7 Å². The number of nitrogens with zero attached hydrogens (tertiary/aromatic N) is 1. The molecule has 156 valence electrons. The minimum absolute atomic E-state index is 0.0301. The lowest BCUT2D eigenvalue weighted by atomic mass is 10.0. The zero-order valence-corrected chi connectivity index (χ0v) is 19.1. The van der Waals surface area contributed by atoms with Crippen LogP contribution in [0.2, 0.25) is 0 Å². The molecule has 0 aliphatic carbocycles. The van der Waals surface area contributed by atoms with Gasteiger partial charge < -0.3 is 10.1 Å². The van der Waals surface area contributed by atoms with E-state index < -0.39 is 5.91 Å². The van der Waals surface area contributed by atoms with E-state index in [9.17, 15) is 10.1 Å². The van der Waals surface area contributed by atoms with Crippen molar-refractivity contribution in [1.29, 1.82) is 5.26 Å². The summed E-state index contributed by atoms with van der Waals surface area (Å²) in [5.41, 5.74) is 4.64. The van der Waals surface area contributed by atoms with Gasteiger partial charge in [0.1, 0.15) is 17.4 Å². The van der Waals surface area contributed by atoms with Crippen LogP contribution in [0.25, 0.3) is 6.08 Å². The quantitative estimate of drug-likeness (QED) is 0.323. The number of rotatable bonds is 7. The predicted molar refractivity (Wildman–Crippen MR) is 128 cm³/mol. The lowest BCUT2D eigenvalue weighted by Gasteiger charge is -2.12. The second-order valence-electron chi connectivity index (χ2n) is 7.06. The van der Waals surface area contributed by atoms with E-state index in [1.807, 2.05) is 74.5 Å². The third-order valence-electron chi connectivity index (χ3n) is 4.68. The summed E-state index contributed by atoms with van der Waals surface area (Å²) in [6.45, 7) is 4.40. The Labute approximate surface area is 191 Å². The third kappa shape index (κ3) is 6.07. The number of aryl methyl sites for hydroxylation is 1. The fourth-order valence-electron chi connectivity index (χ4n) is 3.18. The molecule has 0 spiro atoms. The normalized spacial score (nSPS) is 11.0. The standard InChI is InChI=1S/C26H23BrN2O2/c1-3-31-25-15-19(11-12-21(25)16-20-8-4-5-10-24(20)27)14-22(17-28)26(30)29-23-9-6-7-18(2)13-23/h4-15H,3,16H2,1-2H3,(H,29,30)/b22-14+. The first-order chi connectivity index (χ1) is 15.0. The van der Waals surface area contributed by atoms with E-state index in [2.05, 4.69) is 27.3 Å². The van der Waals surface area contributed by atoms with Gasteiger partial charge in [-0.2, -0.15) is 5.26 Å². The first-order valence-corrected chi connectivity index (χ1v) is 10.8. The molecule has 31 heavy (non-hydrogen) atoms. The maximum Gasteiger partial charge on any atom is 0.266 e. The minimum atomic E-state index is -0.441. The molecular weight excluding hydrogens is 452 g/mol. The number of halogens is 1. The third-order valence-corrected chi connectivity index (χ3v) is 5.46. The maximum atomic E-state index is 12.6. The molecule has 1 amide bonds. The molecule has 0 aromatic heterocycles. The average molecular weight is 475 g/mol. The van der Waals surface area contributed by atoms with Crippen LogP contribution in [0.1, 0.15) is 29.2 Å². The molecular formula is C26H23BrN2O2. The number of amides is 1. The van der Waals surface area contributed by atoms with Crippen LogP contribution in [0.3, 0.4) is 0 Å². The maximum absolute atomic E-state index is 12.6. The van der Waals surface area contributed by atoms with Gasteiger partial charge >= 0.3 is 0 Å². The van der Waals surface area contributed by atoms with Crippen molar-refractivity contribution < 1.29 is 9.53 Å². The van der Waals surface area contributed by atoms with Crippen LogP contribution in [0.5, 0.6) is 5.75 Å². The number of hydrogen-bond acceptors (Lipinski definition) is 3. The Kier molecular flexibility index (Phi) is 7.64. The van der Waals surface area contributed by atoms with Crippen LogP contribution in [-0.2, 0) is 11.2 Å². The van der Waals surface area contributed by atoms with Gasteiger partial charge in [-0.25, -0.2) is 0 Å². The number of anilines is 1. The summed E-state index contributed by atoms with van der Waals surface area (Å²) in [6, 6.07) is 23.3. The Balaban J connectivity index is 1.86. The van der Waals surface area contributed by atoms with Crippen molar-refractivity contribution in [3.05, 3.63) is 99.0 Å². The van der Waals surface area contributed by atoms with Crippen molar-refractivity contribution in [3.63, 3.8) is 0 Å². The highest BCUT2D eigenvalue weighted by Crippen LogP contribution is 2.27. The van der Waals surface area contributed by atoms with Crippen molar-refractivity contribution in [2.75, 3.05) is 11.9 Å². The highest BCUT2D eigenvalue weighted by atomic mass is 79.9. The predicted octanol–water partition coefficient (Wildman–Crippen LogP) is 6.29. The summed E-state index contributed by atoms with van der Waals surface area (Å²) in [6.07, 6.45) is 2.29. The van der Waals surface area contributed by atoms with Gasteiger partial charge in [-0.05, 0) is 66.4 Å². The Bertz CT molecular complexity index is 1160. The van der Waals surface area contributed by atoms with E-state index in [0.717, 1.165) is 32.5 Å². The second kappa shape index (κ2) is 10.6. The van der Waals surface area contributed by atoms with E-state index in [1.54, 1.807) is 12.1 Å². The molecule has 4 nitrogen and oxygen atoms in total. The van der Waals surface area contributed by atoms with E-state index >= 15 is 0 Å². The highest BCUT2D eigenvalue weighted by Gasteiger charge is 2.12. The van der Waals surface area contributed by atoms with Gasteiger partial charge in [-0.1, -0.05) is 58.4 Å². The highest BCUT2D eigenvalue weighted by molar-refractivity contribution is 9.10. The number of hydrogen-bond donors (Lipinski definition) is 1. The molecule has 0 unspecified atom stereocenters. The molecule has 0 heterocycles. The zero-order valence-electron chi connectivity index (χ0n) is 17.5. The zero-order chi connectivity index (χ0) is 22.2. The van der Waals surface area contributed by atoms with Crippen LogP contribution >= 0.6 is 15.9 Å². The Hall–Kier alpha value is -3.36. The van der Waals surface area contributed by atoms with Crippen molar-refractivity contribution in [2.24, 2.45) is 0 Å². The molecule has 0 bridgehead atoms. The van der Waals surface area contributed by atoms with Gasteiger partial charge in [0.2, 0.25) is 0 Å². The van der Waals surface area contributed by atoms with Crippen molar-refractivity contribution in [1.82, 2.24) is 0 Å². The van der Waals surface area contributed by atoms with Gasteiger partial charge in [-0.15, -0.1) is 0 Å². The molecule has 0 saturated heterocycles. The smallest absolute Gasteiger partial charge is 0.266 e. The first-order valence-electron chi connectivity index (χ1n) is 9.99. The van der Waals surface area contributed by atoms with Gasteiger partial charge in [0.05, 0.1) is 6.61 Å². The number of carbonyl (C=O) groups is 1. The molecule has 0 aliphatic rings. The Morgan fingerprint density at radius 2 is 1.90 bits per heavy atom. The molecule has 0 radical (unpaired) electrons. The number of ether oxygens (including phenoxy) is 1. The summed E-state index contributed by atoms with van der Waals surface area (Å²) in [4.78, 5) is 12.6. The molecule has 0 fully saturated rings. The molecule has 1 N–H and O–H groups in total. The first kappa shape index (κ1) is 22.3. The second-order valence-corrected chi connectivity index (χ2v) is 7.92. The average Bonchev–Trinajstić information content (AvgIpc) is 2.75. The summed E-state index contributed by atoms with van der Waals surface area (Å²) in [7, 11) is 0. The van der Waals surface area contributed by atoms with E-state index in [-0.39, 0.29) is 5.57 Å². The fraction of sp³-hybridized carbons (Fsp3) is 0.154. The van der Waals surface area contributed by atoms with Crippen molar-refractivity contribution in [3.8, 4) is 11.8 Å². The molecule has 3 aromatic carbocycles. The van der Waals surface area contributed by atoms with Crippen LogP contribution in [-0.4, -0.2) is 12.5 Å². The van der Waals surface area contributed by atoms with Gasteiger partial charge in [-0.3, -0.25) is 4.79 Å².